The second-order valence-corrected chi connectivity index (χ2v) is 12.9. The van der Waals surface area contributed by atoms with Crippen molar-refractivity contribution in [1.82, 2.24) is 0 Å². The van der Waals surface area contributed by atoms with E-state index in [1.54, 1.807) is 6.08 Å². The number of ether oxygens (including phenoxy) is 3. The van der Waals surface area contributed by atoms with E-state index in [-0.39, 0.29) is 31.6 Å². The quantitative estimate of drug-likeness (QED) is 0.0216. The highest BCUT2D eigenvalue weighted by molar-refractivity contribution is 5.72. The number of hydrogen-bond acceptors (Lipinski definition) is 6. The minimum Gasteiger partial charge on any atom is -0.462 e. The summed E-state index contributed by atoms with van der Waals surface area (Å²) in [5.41, 5.74) is 0. The van der Waals surface area contributed by atoms with Gasteiger partial charge < -0.3 is 14.2 Å². The summed E-state index contributed by atoms with van der Waals surface area (Å²) >= 11 is 0. The van der Waals surface area contributed by atoms with Gasteiger partial charge in [-0.15, -0.1) is 0 Å². The molecule has 0 amide bonds. The van der Waals surface area contributed by atoms with Gasteiger partial charge in [-0.3, -0.25) is 14.4 Å². The molecule has 0 aliphatic rings. The third-order valence-corrected chi connectivity index (χ3v) is 7.99. The molecule has 1 unspecified atom stereocenters. The summed E-state index contributed by atoms with van der Waals surface area (Å²) in [7, 11) is 0. The monoisotopic (exact) mass is 721 g/mol. The molecule has 0 aliphatic carbocycles. The molecule has 0 heterocycles. The van der Waals surface area contributed by atoms with Crippen molar-refractivity contribution in [2.24, 2.45) is 0 Å². The molecule has 0 fully saturated rings. The topological polar surface area (TPSA) is 78.9 Å². The van der Waals surface area contributed by atoms with Gasteiger partial charge in [0, 0.05) is 12.8 Å². The van der Waals surface area contributed by atoms with Crippen LogP contribution in [0.2, 0.25) is 0 Å². The summed E-state index contributed by atoms with van der Waals surface area (Å²) < 4.78 is 16.5. The van der Waals surface area contributed by atoms with Crippen molar-refractivity contribution in [3.63, 3.8) is 0 Å². The molecule has 1 atom stereocenters. The molecule has 0 bridgehead atoms. The number of unbranched alkanes of at least 4 members (excludes halogenated alkanes) is 12. The average molecular weight is 721 g/mol. The molecule has 52 heavy (non-hydrogen) atoms. The molecular weight excluding hydrogens is 648 g/mol. The summed E-state index contributed by atoms with van der Waals surface area (Å²) in [5.74, 6) is -1.11. The second kappa shape index (κ2) is 40.1. The van der Waals surface area contributed by atoms with E-state index < -0.39 is 12.1 Å². The van der Waals surface area contributed by atoms with E-state index in [9.17, 15) is 14.4 Å². The van der Waals surface area contributed by atoms with Gasteiger partial charge in [-0.25, -0.2) is 0 Å². The highest BCUT2D eigenvalue weighted by atomic mass is 16.6. The maximum atomic E-state index is 12.6. The first-order valence-corrected chi connectivity index (χ1v) is 20.3. The Balaban J connectivity index is 4.55. The molecule has 292 valence electrons. The van der Waals surface area contributed by atoms with E-state index in [4.69, 9.17) is 14.2 Å². The fourth-order valence-electron chi connectivity index (χ4n) is 4.99. The van der Waals surface area contributed by atoms with Crippen LogP contribution in [-0.2, 0) is 28.6 Å². The maximum absolute atomic E-state index is 12.6. The predicted octanol–water partition coefficient (Wildman–Crippen LogP) is 12.7. The summed E-state index contributed by atoms with van der Waals surface area (Å²) in [6, 6.07) is 0. The summed E-state index contributed by atoms with van der Waals surface area (Å²) in [6.07, 6.45) is 51.4. The maximum Gasteiger partial charge on any atom is 0.309 e. The smallest absolute Gasteiger partial charge is 0.309 e. The minimum absolute atomic E-state index is 0.125. The van der Waals surface area contributed by atoms with Crippen LogP contribution < -0.4 is 0 Å². The molecule has 0 rings (SSSR count). The lowest BCUT2D eigenvalue weighted by Crippen LogP contribution is -2.30. The molecular formula is C46H72O6. The van der Waals surface area contributed by atoms with Crippen molar-refractivity contribution < 1.29 is 28.6 Å². The molecule has 0 radical (unpaired) electrons. The SMILES string of the molecule is CC\C=C/C=C\C=C/C=C\C=C/CCCCCC(=O)OCC(COC(=O)C/C=C\C/C=C\C/C=C\CC)OC(=O)CCCCCCCCCCCC. The second-order valence-electron chi connectivity index (χ2n) is 12.9. The van der Waals surface area contributed by atoms with Gasteiger partial charge in [0.2, 0.25) is 0 Å². The van der Waals surface area contributed by atoms with Gasteiger partial charge >= 0.3 is 17.9 Å². The van der Waals surface area contributed by atoms with Gasteiger partial charge in [0.25, 0.3) is 0 Å². The third kappa shape index (κ3) is 37.6. The van der Waals surface area contributed by atoms with E-state index in [1.807, 2.05) is 54.7 Å². The van der Waals surface area contributed by atoms with Gasteiger partial charge in [0.1, 0.15) is 13.2 Å². The fourth-order valence-corrected chi connectivity index (χ4v) is 4.99. The van der Waals surface area contributed by atoms with E-state index in [1.165, 1.54) is 44.9 Å². The highest BCUT2D eigenvalue weighted by Gasteiger charge is 2.19. The van der Waals surface area contributed by atoms with E-state index in [0.717, 1.165) is 70.6 Å². The zero-order valence-corrected chi connectivity index (χ0v) is 33.0. The van der Waals surface area contributed by atoms with Crippen molar-refractivity contribution in [2.75, 3.05) is 13.2 Å². The van der Waals surface area contributed by atoms with Gasteiger partial charge in [0.05, 0.1) is 6.42 Å². The molecule has 0 aromatic heterocycles. The van der Waals surface area contributed by atoms with E-state index in [2.05, 4.69) is 57.2 Å². The van der Waals surface area contributed by atoms with E-state index >= 15 is 0 Å². The average Bonchev–Trinajstić information content (AvgIpc) is 3.14. The molecule has 0 N–H and O–H groups in total. The summed E-state index contributed by atoms with van der Waals surface area (Å²) in [5, 5.41) is 0. The summed E-state index contributed by atoms with van der Waals surface area (Å²) in [4.78, 5) is 37.4. The number of hydrogen-bond donors (Lipinski definition) is 0. The first kappa shape index (κ1) is 48.3. The Hall–Kier alpha value is -3.67. The summed E-state index contributed by atoms with van der Waals surface area (Å²) in [6.45, 7) is 6.18. The Labute approximate surface area is 317 Å². The van der Waals surface area contributed by atoms with Crippen LogP contribution in [0.5, 0.6) is 0 Å². The lowest BCUT2D eigenvalue weighted by Gasteiger charge is -2.18. The molecule has 6 nitrogen and oxygen atoms in total. The normalized spacial score (nSPS) is 13.1. The molecule has 0 spiro atoms. The van der Waals surface area contributed by atoms with Crippen LogP contribution >= 0.6 is 0 Å². The van der Waals surface area contributed by atoms with Gasteiger partial charge in [-0.05, 0) is 51.4 Å². The van der Waals surface area contributed by atoms with Crippen molar-refractivity contribution in [3.05, 3.63) is 97.2 Å². The predicted molar refractivity (Wildman–Crippen MR) is 219 cm³/mol. The Kier molecular flexibility index (Phi) is 37.3. The van der Waals surface area contributed by atoms with Crippen molar-refractivity contribution in [3.8, 4) is 0 Å². The van der Waals surface area contributed by atoms with Gasteiger partial charge in [0.15, 0.2) is 6.10 Å². The zero-order valence-electron chi connectivity index (χ0n) is 33.0. The van der Waals surface area contributed by atoms with Crippen LogP contribution in [0.3, 0.4) is 0 Å². The van der Waals surface area contributed by atoms with Crippen LogP contribution in [-0.4, -0.2) is 37.2 Å². The lowest BCUT2D eigenvalue weighted by atomic mass is 10.1. The largest absolute Gasteiger partial charge is 0.462 e. The first-order valence-electron chi connectivity index (χ1n) is 20.3. The number of carbonyl (C=O) groups excluding carboxylic acids is 3. The van der Waals surface area contributed by atoms with Gasteiger partial charge in [-0.2, -0.15) is 0 Å². The molecule has 6 heteroatoms. The number of allylic oxidation sites excluding steroid dienone is 15. The van der Waals surface area contributed by atoms with Crippen LogP contribution in [0, 0.1) is 0 Å². The Morgan fingerprint density at radius 3 is 1.50 bits per heavy atom. The Morgan fingerprint density at radius 2 is 0.904 bits per heavy atom. The first-order chi connectivity index (χ1) is 25.5. The Bertz CT molecular complexity index is 1100. The van der Waals surface area contributed by atoms with Crippen LogP contribution in [0.1, 0.15) is 156 Å². The number of rotatable bonds is 34. The lowest BCUT2D eigenvalue weighted by molar-refractivity contribution is -0.166. The standard InChI is InChI=1S/C46H72O6/c1-4-7-10-13-16-19-21-22-23-24-25-28-30-33-36-39-45(48)51-42-43(41-50-44(47)38-35-32-29-26-18-15-12-9-6-3)52-46(49)40-37-34-31-27-20-17-14-11-8-5-2/h7,9-10,12-13,16,18-19,21-26,32,35,43H,4-6,8,11,14-15,17,20,27-31,33-34,36-42H2,1-3H3/b10-7-,12-9-,16-13-,21-19-,23-22-,25-24-,26-18-,35-32-. The molecule has 0 aromatic rings. The van der Waals surface area contributed by atoms with Crippen LogP contribution in [0.15, 0.2) is 97.2 Å². The molecule has 0 aliphatic heterocycles. The fraction of sp³-hybridized carbons (Fsp3) is 0.587. The molecule has 0 saturated heterocycles. The van der Waals surface area contributed by atoms with Crippen LogP contribution in [0.4, 0.5) is 0 Å². The van der Waals surface area contributed by atoms with Crippen molar-refractivity contribution in [2.45, 2.75) is 162 Å². The minimum atomic E-state index is -0.825. The van der Waals surface area contributed by atoms with Crippen molar-refractivity contribution >= 4 is 17.9 Å². The van der Waals surface area contributed by atoms with Crippen LogP contribution in [0.25, 0.3) is 0 Å². The number of esters is 3. The third-order valence-electron chi connectivity index (χ3n) is 7.99. The van der Waals surface area contributed by atoms with E-state index in [0.29, 0.717) is 12.8 Å². The highest BCUT2D eigenvalue weighted by Crippen LogP contribution is 2.12. The van der Waals surface area contributed by atoms with Crippen molar-refractivity contribution in [1.29, 1.82) is 0 Å². The Morgan fingerprint density at radius 1 is 0.442 bits per heavy atom. The molecule has 0 aromatic carbocycles. The number of carbonyl (C=O) groups is 3. The zero-order chi connectivity index (χ0) is 38.0. The van der Waals surface area contributed by atoms with Gasteiger partial charge in [-0.1, -0.05) is 182 Å². The molecule has 0 saturated carbocycles.